The molecule has 0 radical (unpaired) electrons. The van der Waals surface area contributed by atoms with Gasteiger partial charge in [0.05, 0.1) is 17.8 Å². The van der Waals surface area contributed by atoms with E-state index in [0.717, 1.165) is 19.6 Å². The molecular weight excluding hydrogens is 271 g/mol. The molecular formula is C15H23BO3S. The summed E-state index contributed by atoms with van der Waals surface area (Å²) in [5.41, 5.74) is -0.536. The van der Waals surface area contributed by atoms with Crippen molar-refractivity contribution >= 4 is 23.2 Å². The molecule has 0 aromatic carbocycles. The van der Waals surface area contributed by atoms with Gasteiger partial charge in [0.15, 0.2) is 0 Å². The van der Waals surface area contributed by atoms with Crippen LogP contribution in [-0.4, -0.2) is 31.5 Å². The summed E-state index contributed by atoms with van der Waals surface area (Å²) in [6.07, 6.45) is 2.39. The molecule has 2 fully saturated rings. The molecule has 0 spiro atoms. The van der Waals surface area contributed by atoms with Gasteiger partial charge >= 0.3 is 7.12 Å². The quantitative estimate of drug-likeness (QED) is 0.785. The molecule has 0 aliphatic carbocycles. The van der Waals surface area contributed by atoms with E-state index >= 15 is 0 Å². The Hall–Kier alpha value is -0.355. The molecule has 110 valence electrons. The molecule has 1 unspecified atom stereocenters. The molecule has 2 aliphatic heterocycles. The van der Waals surface area contributed by atoms with E-state index in [1.807, 2.05) is 11.3 Å². The topological polar surface area (TPSA) is 27.7 Å². The zero-order valence-corrected chi connectivity index (χ0v) is 13.6. The first-order valence-electron chi connectivity index (χ1n) is 7.42. The van der Waals surface area contributed by atoms with Crippen molar-refractivity contribution in [2.45, 2.75) is 57.7 Å². The number of hydrogen-bond donors (Lipinski definition) is 0. The molecule has 0 saturated carbocycles. The molecule has 20 heavy (non-hydrogen) atoms. The Balaban J connectivity index is 1.74. The van der Waals surface area contributed by atoms with Gasteiger partial charge in [-0.2, -0.15) is 0 Å². The summed E-state index contributed by atoms with van der Waals surface area (Å²) in [5, 5.41) is 0. The minimum absolute atomic E-state index is 0.233. The van der Waals surface area contributed by atoms with Gasteiger partial charge in [-0.3, -0.25) is 0 Å². The van der Waals surface area contributed by atoms with Crippen LogP contribution in [0.2, 0.25) is 0 Å². The van der Waals surface area contributed by atoms with Crippen molar-refractivity contribution in [1.29, 1.82) is 0 Å². The van der Waals surface area contributed by atoms with E-state index in [1.54, 1.807) is 0 Å². The van der Waals surface area contributed by atoms with Crippen LogP contribution < -0.4 is 4.78 Å². The maximum Gasteiger partial charge on any atom is 0.505 e. The molecule has 3 nitrogen and oxygen atoms in total. The first kappa shape index (κ1) is 14.6. The summed E-state index contributed by atoms with van der Waals surface area (Å²) < 4.78 is 19.0. The third kappa shape index (κ3) is 2.57. The van der Waals surface area contributed by atoms with Gasteiger partial charge in [0.1, 0.15) is 0 Å². The summed E-state index contributed by atoms with van der Waals surface area (Å²) in [7, 11) is -0.233. The fourth-order valence-electron chi connectivity index (χ4n) is 2.64. The molecule has 1 aromatic rings. The van der Waals surface area contributed by atoms with Crippen LogP contribution in [0.1, 0.15) is 51.3 Å². The molecule has 0 N–H and O–H groups in total. The van der Waals surface area contributed by atoms with Gasteiger partial charge in [-0.05, 0) is 46.6 Å². The van der Waals surface area contributed by atoms with Crippen LogP contribution >= 0.6 is 11.3 Å². The highest BCUT2D eigenvalue weighted by Crippen LogP contribution is 2.37. The van der Waals surface area contributed by atoms with E-state index in [-0.39, 0.29) is 18.3 Å². The minimum Gasteiger partial charge on any atom is -0.399 e. The second-order valence-corrected chi connectivity index (χ2v) is 7.89. The van der Waals surface area contributed by atoms with Gasteiger partial charge in [-0.25, -0.2) is 0 Å². The van der Waals surface area contributed by atoms with Crippen molar-refractivity contribution in [3.05, 3.63) is 17.0 Å². The van der Waals surface area contributed by atoms with Gasteiger partial charge in [-0.15, -0.1) is 11.3 Å². The van der Waals surface area contributed by atoms with Gasteiger partial charge in [0.2, 0.25) is 0 Å². The summed E-state index contributed by atoms with van der Waals surface area (Å²) in [6, 6.07) is 4.36. The van der Waals surface area contributed by atoms with E-state index in [4.69, 9.17) is 14.0 Å². The monoisotopic (exact) mass is 294 g/mol. The number of hydrogen-bond acceptors (Lipinski definition) is 4. The maximum absolute atomic E-state index is 6.11. The second-order valence-electron chi connectivity index (χ2n) is 6.74. The van der Waals surface area contributed by atoms with Crippen LogP contribution in [0.15, 0.2) is 12.1 Å². The number of rotatable bonds is 2. The molecule has 3 heterocycles. The summed E-state index contributed by atoms with van der Waals surface area (Å²) in [5.74, 6) is 0.546. The van der Waals surface area contributed by atoms with Gasteiger partial charge in [0, 0.05) is 22.2 Å². The van der Waals surface area contributed by atoms with Crippen molar-refractivity contribution in [3.63, 3.8) is 0 Å². The van der Waals surface area contributed by atoms with E-state index < -0.39 is 0 Å². The number of ether oxygens (including phenoxy) is 1. The van der Waals surface area contributed by atoms with E-state index in [1.165, 1.54) is 16.1 Å². The Morgan fingerprint density at radius 3 is 2.45 bits per heavy atom. The Morgan fingerprint density at radius 1 is 1.15 bits per heavy atom. The molecule has 5 heteroatoms. The van der Waals surface area contributed by atoms with Crippen molar-refractivity contribution in [2.24, 2.45) is 0 Å². The highest BCUT2D eigenvalue weighted by molar-refractivity contribution is 7.22. The van der Waals surface area contributed by atoms with E-state index in [9.17, 15) is 0 Å². The predicted octanol–water partition coefficient (Wildman–Crippen LogP) is 2.94. The number of thiophene rings is 1. The van der Waals surface area contributed by atoms with Crippen molar-refractivity contribution in [2.75, 3.05) is 13.2 Å². The first-order valence-corrected chi connectivity index (χ1v) is 8.24. The van der Waals surface area contributed by atoms with Gasteiger partial charge < -0.3 is 14.0 Å². The van der Waals surface area contributed by atoms with Crippen LogP contribution in [-0.2, 0) is 14.0 Å². The van der Waals surface area contributed by atoms with Gasteiger partial charge in [0.25, 0.3) is 0 Å². The lowest BCUT2D eigenvalue weighted by atomic mass is 9.88. The smallest absolute Gasteiger partial charge is 0.399 e. The lowest BCUT2D eigenvalue weighted by Gasteiger charge is -2.32. The fourth-order valence-corrected chi connectivity index (χ4v) is 3.73. The van der Waals surface area contributed by atoms with E-state index in [0.29, 0.717) is 5.92 Å². The Morgan fingerprint density at radius 2 is 1.85 bits per heavy atom. The second kappa shape index (κ2) is 5.13. The highest BCUT2D eigenvalue weighted by Gasteiger charge is 2.52. The summed E-state index contributed by atoms with van der Waals surface area (Å²) in [6.45, 7) is 10.1. The average Bonchev–Trinajstić information content (AvgIpc) is 2.94. The molecule has 1 aromatic heterocycles. The zero-order chi connectivity index (χ0) is 14.4. The lowest BCUT2D eigenvalue weighted by Crippen LogP contribution is -2.41. The third-order valence-electron chi connectivity index (χ3n) is 4.70. The molecule has 2 saturated heterocycles. The molecule has 0 amide bonds. The molecule has 3 rings (SSSR count). The van der Waals surface area contributed by atoms with Crippen LogP contribution in [0.4, 0.5) is 0 Å². The largest absolute Gasteiger partial charge is 0.505 e. The standard InChI is InChI=1S/C15H23BO3S/c1-14(2)15(3,4)19-16(18-14)13-8-7-12(20-13)11-6-5-9-17-10-11/h7-8,11H,5-6,9-10H2,1-4H3. The zero-order valence-electron chi connectivity index (χ0n) is 12.8. The Labute approximate surface area is 125 Å². The maximum atomic E-state index is 6.11. The van der Waals surface area contributed by atoms with Crippen molar-refractivity contribution in [3.8, 4) is 0 Å². The summed E-state index contributed by atoms with van der Waals surface area (Å²) >= 11 is 1.81. The lowest BCUT2D eigenvalue weighted by molar-refractivity contribution is 0.00578. The highest BCUT2D eigenvalue weighted by atomic mass is 32.1. The van der Waals surface area contributed by atoms with Crippen LogP contribution in [0.5, 0.6) is 0 Å². The third-order valence-corrected chi connectivity index (χ3v) is 5.97. The van der Waals surface area contributed by atoms with Crippen LogP contribution in [0.3, 0.4) is 0 Å². The van der Waals surface area contributed by atoms with Gasteiger partial charge in [-0.1, -0.05) is 6.07 Å². The molecule has 1 atom stereocenters. The fraction of sp³-hybridized carbons (Fsp3) is 0.733. The van der Waals surface area contributed by atoms with Crippen LogP contribution in [0, 0.1) is 0 Å². The normalized spacial score (nSPS) is 28.8. The average molecular weight is 294 g/mol. The SMILES string of the molecule is CC1(C)OB(c2ccc(C3CCCOC3)s2)OC1(C)C. The van der Waals surface area contributed by atoms with Crippen molar-refractivity contribution in [1.82, 2.24) is 0 Å². The minimum atomic E-state index is -0.268. The molecule has 2 aliphatic rings. The Kier molecular flexibility index (Phi) is 3.74. The summed E-state index contributed by atoms with van der Waals surface area (Å²) in [4.78, 5) is 1.40. The van der Waals surface area contributed by atoms with Crippen molar-refractivity contribution < 1.29 is 14.0 Å². The Bertz CT molecular complexity index is 461. The van der Waals surface area contributed by atoms with Crippen LogP contribution in [0.25, 0.3) is 0 Å². The molecule has 0 bridgehead atoms. The van der Waals surface area contributed by atoms with E-state index in [2.05, 4.69) is 39.8 Å². The first-order chi connectivity index (χ1) is 9.39. The predicted molar refractivity (Wildman–Crippen MR) is 82.8 cm³/mol.